The van der Waals surface area contributed by atoms with Crippen molar-refractivity contribution in [1.29, 1.82) is 0 Å². The zero-order valence-electron chi connectivity index (χ0n) is 11.0. The van der Waals surface area contributed by atoms with E-state index in [4.69, 9.17) is 0 Å². The molecule has 0 bridgehead atoms. The Bertz CT molecular complexity index is 495. The second-order valence-corrected chi connectivity index (χ2v) is 4.27. The number of amides is 1. The molecule has 0 spiro atoms. The molecule has 0 fully saturated rings. The lowest BCUT2D eigenvalue weighted by molar-refractivity contribution is -0.124. The van der Waals surface area contributed by atoms with Crippen molar-refractivity contribution in [1.82, 2.24) is 20.1 Å². The van der Waals surface area contributed by atoms with Crippen LogP contribution in [0.1, 0.15) is 25.1 Å². The van der Waals surface area contributed by atoms with E-state index >= 15 is 0 Å². The molecule has 0 saturated heterocycles. The second-order valence-electron chi connectivity index (χ2n) is 4.27. The quantitative estimate of drug-likeness (QED) is 0.856. The lowest BCUT2D eigenvalue weighted by Gasteiger charge is -2.15. The summed E-state index contributed by atoms with van der Waals surface area (Å²) >= 11 is 0. The lowest BCUT2D eigenvalue weighted by Crippen LogP contribution is -2.33. The SMILES string of the molecule is CC[C@H](C(=O)NCCc1ccccn1)n1cccn1. The number of nitrogens with zero attached hydrogens (tertiary/aromatic N) is 3. The third kappa shape index (κ3) is 3.64. The van der Waals surface area contributed by atoms with Gasteiger partial charge in [-0.3, -0.25) is 14.5 Å². The Morgan fingerprint density at radius 2 is 2.26 bits per heavy atom. The van der Waals surface area contributed by atoms with Gasteiger partial charge in [-0.2, -0.15) is 5.10 Å². The standard InChI is InChI=1S/C14H18N4O/c1-2-13(18-11-5-9-17-18)14(19)16-10-7-12-6-3-4-8-15-12/h3-6,8-9,11,13H,2,7,10H2,1H3,(H,16,19)/t13-/m1/s1. The molecule has 2 aromatic rings. The van der Waals surface area contributed by atoms with Crippen LogP contribution in [0.3, 0.4) is 0 Å². The average molecular weight is 258 g/mol. The zero-order valence-corrected chi connectivity index (χ0v) is 11.0. The minimum absolute atomic E-state index is 0.00197. The van der Waals surface area contributed by atoms with Crippen LogP contribution in [0.4, 0.5) is 0 Å². The summed E-state index contributed by atoms with van der Waals surface area (Å²) in [4.78, 5) is 16.3. The number of aromatic nitrogens is 3. The van der Waals surface area contributed by atoms with Gasteiger partial charge in [0.1, 0.15) is 6.04 Å². The summed E-state index contributed by atoms with van der Waals surface area (Å²) in [6.45, 7) is 2.57. The van der Waals surface area contributed by atoms with E-state index in [1.807, 2.05) is 37.4 Å². The first kappa shape index (κ1) is 13.3. The highest BCUT2D eigenvalue weighted by molar-refractivity contribution is 5.80. The number of nitrogens with one attached hydrogen (secondary N) is 1. The molecular formula is C14H18N4O. The van der Waals surface area contributed by atoms with Crippen molar-refractivity contribution < 1.29 is 4.79 Å². The van der Waals surface area contributed by atoms with E-state index in [2.05, 4.69) is 15.4 Å². The molecule has 2 rings (SSSR count). The predicted octanol–water partition coefficient (Wildman–Crippen LogP) is 1.59. The molecule has 5 nitrogen and oxygen atoms in total. The van der Waals surface area contributed by atoms with Gasteiger partial charge in [0.15, 0.2) is 0 Å². The van der Waals surface area contributed by atoms with Gasteiger partial charge in [0.05, 0.1) is 0 Å². The lowest BCUT2D eigenvalue weighted by atomic mass is 10.2. The summed E-state index contributed by atoms with van der Waals surface area (Å²) in [5.74, 6) is 0.00197. The van der Waals surface area contributed by atoms with Crippen molar-refractivity contribution in [3.8, 4) is 0 Å². The second kappa shape index (κ2) is 6.68. The molecule has 1 N–H and O–H groups in total. The smallest absolute Gasteiger partial charge is 0.244 e. The van der Waals surface area contributed by atoms with Gasteiger partial charge in [-0.25, -0.2) is 0 Å². The minimum Gasteiger partial charge on any atom is -0.354 e. The highest BCUT2D eigenvalue weighted by Crippen LogP contribution is 2.09. The van der Waals surface area contributed by atoms with Crippen molar-refractivity contribution in [3.05, 3.63) is 48.5 Å². The van der Waals surface area contributed by atoms with Gasteiger partial charge in [-0.15, -0.1) is 0 Å². The number of carbonyl (C=O) groups is 1. The Kier molecular flexibility index (Phi) is 4.66. The largest absolute Gasteiger partial charge is 0.354 e. The molecule has 0 radical (unpaired) electrons. The van der Waals surface area contributed by atoms with E-state index in [0.717, 1.165) is 18.5 Å². The van der Waals surface area contributed by atoms with Gasteiger partial charge in [0.2, 0.25) is 5.91 Å². The van der Waals surface area contributed by atoms with Crippen LogP contribution in [0, 0.1) is 0 Å². The molecule has 19 heavy (non-hydrogen) atoms. The van der Waals surface area contributed by atoms with Gasteiger partial charge < -0.3 is 5.32 Å². The highest BCUT2D eigenvalue weighted by atomic mass is 16.2. The van der Waals surface area contributed by atoms with Crippen LogP contribution in [-0.4, -0.2) is 27.2 Å². The Morgan fingerprint density at radius 1 is 1.37 bits per heavy atom. The van der Waals surface area contributed by atoms with Crippen LogP contribution >= 0.6 is 0 Å². The first-order valence-corrected chi connectivity index (χ1v) is 6.48. The summed E-state index contributed by atoms with van der Waals surface area (Å²) in [6, 6.07) is 7.37. The van der Waals surface area contributed by atoms with Crippen LogP contribution in [0.15, 0.2) is 42.9 Å². The van der Waals surface area contributed by atoms with E-state index in [1.54, 1.807) is 17.1 Å². The number of hydrogen-bond donors (Lipinski definition) is 1. The summed E-state index contributed by atoms with van der Waals surface area (Å²) in [5, 5.41) is 7.05. The normalized spacial score (nSPS) is 12.1. The molecule has 1 atom stereocenters. The molecule has 0 aliphatic carbocycles. The molecule has 5 heteroatoms. The van der Waals surface area contributed by atoms with Gasteiger partial charge in [-0.05, 0) is 24.6 Å². The Hall–Kier alpha value is -2.17. The summed E-state index contributed by atoms with van der Waals surface area (Å²) in [7, 11) is 0. The number of rotatable bonds is 6. The first-order chi connectivity index (χ1) is 9.31. The predicted molar refractivity (Wildman–Crippen MR) is 72.5 cm³/mol. The third-order valence-corrected chi connectivity index (χ3v) is 2.94. The first-order valence-electron chi connectivity index (χ1n) is 6.48. The van der Waals surface area contributed by atoms with E-state index in [9.17, 15) is 4.79 Å². The fourth-order valence-electron chi connectivity index (χ4n) is 1.94. The van der Waals surface area contributed by atoms with Crippen LogP contribution < -0.4 is 5.32 Å². The van der Waals surface area contributed by atoms with Crippen molar-refractivity contribution in [3.63, 3.8) is 0 Å². The van der Waals surface area contributed by atoms with E-state index in [-0.39, 0.29) is 11.9 Å². The van der Waals surface area contributed by atoms with Crippen molar-refractivity contribution >= 4 is 5.91 Å². The Morgan fingerprint density at radius 3 is 2.89 bits per heavy atom. The van der Waals surface area contributed by atoms with Gasteiger partial charge in [-0.1, -0.05) is 13.0 Å². The molecule has 2 heterocycles. The number of pyridine rings is 1. The molecule has 0 aliphatic rings. The van der Waals surface area contributed by atoms with E-state index in [1.165, 1.54) is 0 Å². The molecule has 0 aliphatic heterocycles. The molecular weight excluding hydrogens is 240 g/mol. The topological polar surface area (TPSA) is 59.8 Å². The summed E-state index contributed by atoms with van der Waals surface area (Å²) < 4.78 is 1.69. The number of carbonyl (C=O) groups excluding carboxylic acids is 1. The van der Waals surface area contributed by atoms with Crippen molar-refractivity contribution in [2.24, 2.45) is 0 Å². The minimum atomic E-state index is -0.237. The van der Waals surface area contributed by atoms with Crippen molar-refractivity contribution in [2.45, 2.75) is 25.8 Å². The monoisotopic (exact) mass is 258 g/mol. The number of hydrogen-bond acceptors (Lipinski definition) is 3. The average Bonchev–Trinajstić information content (AvgIpc) is 2.95. The maximum atomic E-state index is 12.1. The van der Waals surface area contributed by atoms with E-state index in [0.29, 0.717) is 6.54 Å². The van der Waals surface area contributed by atoms with Gasteiger partial charge in [0.25, 0.3) is 0 Å². The maximum absolute atomic E-state index is 12.1. The van der Waals surface area contributed by atoms with Crippen LogP contribution in [0.2, 0.25) is 0 Å². The highest BCUT2D eigenvalue weighted by Gasteiger charge is 2.17. The summed E-state index contributed by atoms with van der Waals surface area (Å²) in [6.07, 6.45) is 6.71. The molecule has 0 saturated carbocycles. The molecule has 2 aromatic heterocycles. The van der Waals surface area contributed by atoms with Crippen molar-refractivity contribution in [2.75, 3.05) is 6.54 Å². The fourth-order valence-corrected chi connectivity index (χ4v) is 1.94. The van der Waals surface area contributed by atoms with Gasteiger partial charge in [0, 0.05) is 37.3 Å². The molecule has 100 valence electrons. The molecule has 0 unspecified atom stereocenters. The third-order valence-electron chi connectivity index (χ3n) is 2.94. The summed E-state index contributed by atoms with van der Waals surface area (Å²) in [5.41, 5.74) is 0.981. The molecule has 0 aromatic carbocycles. The fraction of sp³-hybridized carbons (Fsp3) is 0.357. The Balaban J connectivity index is 1.84. The zero-order chi connectivity index (χ0) is 13.5. The van der Waals surface area contributed by atoms with Gasteiger partial charge >= 0.3 is 0 Å². The molecule has 1 amide bonds. The maximum Gasteiger partial charge on any atom is 0.244 e. The Labute approximate surface area is 112 Å². The van der Waals surface area contributed by atoms with Crippen LogP contribution in [0.25, 0.3) is 0 Å². The van der Waals surface area contributed by atoms with Crippen LogP contribution in [0.5, 0.6) is 0 Å². The van der Waals surface area contributed by atoms with Crippen LogP contribution in [-0.2, 0) is 11.2 Å². The van der Waals surface area contributed by atoms with E-state index < -0.39 is 0 Å².